The SMILES string of the molecule is COc1ccc(C2SCC(=O)N2Cc2ccc(O)c(OC)c2)c(OC)c1. The van der Waals surface area contributed by atoms with Gasteiger partial charge in [0.05, 0.1) is 27.1 Å². The summed E-state index contributed by atoms with van der Waals surface area (Å²) >= 11 is 1.56. The predicted octanol–water partition coefficient (Wildman–Crippen LogP) is 3.19. The summed E-state index contributed by atoms with van der Waals surface area (Å²) in [7, 11) is 4.71. The van der Waals surface area contributed by atoms with Crippen molar-refractivity contribution < 1.29 is 24.1 Å². The first kappa shape index (κ1) is 18.3. The van der Waals surface area contributed by atoms with Gasteiger partial charge >= 0.3 is 0 Å². The van der Waals surface area contributed by atoms with E-state index in [1.165, 1.54) is 7.11 Å². The predicted molar refractivity (Wildman–Crippen MR) is 100.0 cm³/mol. The monoisotopic (exact) mass is 375 g/mol. The first-order chi connectivity index (χ1) is 12.6. The Hall–Kier alpha value is -2.54. The van der Waals surface area contributed by atoms with E-state index in [4.69, 9.17) is 14.2 Å². The summed E-state index contributed by atoms with van der Waals surface area (Å²) in [6.07, 6.45) is 0. The number of carbonyl (C=O) groups excluding carboxylic acids is 1. The summed E-state index contributed by atoms with van der Waals surface area (Å²) in [4.78, 5) is 14.3. The summed E-state index contributed by atoms with van der Waals surface area (Å²) in [6.45, 7) is 0.419. The number of nitrogens with zero attached hydrogens (tertiary/aromatic N) is 1. The Bertz CT molecular complexity index is 811. The normalized spacial score (nSPS) is 16.7. The van der Waals surface area contributed by atoms with Gasteiger partial charge < -0.3 is 24.2 Å². The highest BCUT2D eigenvalue weighted by Crippen LogP contribution is 2.44. The Morgan fingerprint density at radius 1 is 1.08 bits per heavy atom. The van der Waals surface area contributed by atoms with Crippen molar-refractivity contribution in [1.29, 1.82) is 0 Å². The Labute approximate surface area is 156 Å². The van der Waals surface area contributed by atoms with Crippen LogP contribution in [-0.2, 0) is 11.3 Å². The van der Waals surface area contributed by atoms with Crippen LogP contribution in [0, 0.1) is 0 Å². The van der Waals surface area contributed by atoms with Gasteiger partial charge in [0.25, 0.3) is 0 Å². The highest BCUT2D eigenvalue weighted by molar-refractivity contribution is 8.00. The van der Waals surface area contributed by atoms with E-state index < -0.39 is 0 Å². The largest absolute Gasteiger partial charge is 0.504 e. The molecule has 6 nitrogen and oxygen atoms in total. The Morgan fingerprint density at radius 2 is 1.85 bits per heavy atom. The van der Waals surface area contributed by atoms with E-state index >= 15 is 0 Å². The molecule has 0 aliphatic carbocycles. The van der Waals surface area contributed by atoms with Gasteiger partial charge in [0.1, 0.15) is 16.9 Å². The van der Waals surface area contributed by atoms with Crippen molar-refractivity contribution in [1.82, 2.24) is 4.90 Å². The summed E-state index contributed by atoms with van der Waals surface area (Å²) < 4.78 is 15.9. The number of amides is 1. The summed E-state index contributed by atoms with van der Waals surface area (Å²) in [6, 6.07) is 10.7. The molecule has 0 aromatic heterocycles. The first-order valence-electron chi connectivity index (χ1n) is 8.06. The number of carbonyl (C=O) groups is 1. The van der Waals surface area contributed by atoms with E-state index in [9.17, 15) is 9.90 Å². The van der Waals surface area contributed by atoms with Crippen LogP contribution in [0.15, 0.2) is 36.4 Å². The standard InChI is InChI=1S/C19H21NO5S/c1-23-13-5-6-14(16(9-13)24-2)19-20(18(22)11-26-19)10-12-4-7-15(21)17(8-12)25-3/h4-9,19,21H,10-11H2,1-3H3. The second-order valence-electron chi connectivity index (χ2n) is 5.80. The first-order valence-corrected chi connectivity index (χ1v) is 9.11. The summed E-state index contributed by atoms with van der Waals surface area (Å²) in [5, 5.41) is 9.61. The van der Waals surface area contributed by atoms with Crippen molar-refractivity contribution in [2.24, 2.45) is 0 Å². The number of methoxy groups -OCH3 is 3. The molecule has 1 atom stereocenters. The van der Waals surface area contributed by atoms with Crippen molar-refractivity contribution in [3.05, 3.63) is 47.5 Å². The number of ether oxygens (including phenoxy) is 3. The van der Waals surface area contributed by atoms with E-state index in [2.05, 4.69) is 0 Å². The Kier molecular flexibility index (Phi) is 5.46. The zero-order valence-corrected chi connectivity index (χ0v) is 15.7. The van der Waals surface area contributed by atoms with E-state index in [0.29, 0.717) is 29.5 Å². The third kappa shape index (κ3) is 3.53. The van der Waals surface area contributed by atoms with Gasteiger partial charge in [0, 0.05) is 18.2 Å². The topological polar surface area (TPSA) is 68.2 Å². The van der Waals surface area contributed by atoms with Gasteiger partial charge in [-0.05, 0) is 29.8 Å². The molecule has 0 spiro atoms. The zero-order chi connectivity index (χ0) is 18.7. The van der Waals surface area contributed by atoms with Gasteiger partial charge in [-0.25, -0.2) is 0 Å². The molecule has 1 unspecified atom stereocenters. The number of phenols is 1. The number of rotatable bonds is 6. The molecule has 1 heterocycles. The van der Waals surface area contributed by atoms with Gasteiger partial charge in [-0.3, -0.25) is 4.79 Å². The molecule has 1 aliphatic rings. The van der Waals surface area contributed by atoms with Crippen molar-refractivity contribution in [2.45, 2.75) is 11.9 Å². The second kappa shape index (κ2) is 7.78. The highest BCUT2D eigenvalue weighted by Gasteiger charge is 2.34. The van der Waals surface area contributed by atoms with E-state index in [0.717, 1.165) is 11.1 Å². The number of aromatic hydroxyl groups is 1. The van der Waals surface area contributed by atoms with Crippen LogP contribution in [0.25, 0.3) is 0 Å². The molecule has 2 aromatic rings. The molecule has 0 saturated carbocycles. The number of hydrogen-bond acceptors (Lipinski definition) is 6. The number of benzene rings is 2. The fourth-order valence-electron chi connectivity index (χ4n) is 2.92. The molecule has 1 fully saturated rings. The summed E-state index contributed by atoms with van der Waals surface area (Å²) in [5.74, 6) is 2.33. The molecule has 3 rings (SSSR count). The molecule has 7 heteroatoms. The molecule has 0 bridgehead atoms. The van der Waals surface area contributed by atoms with Crippen LogP contribution in [0.1, 0.15) is 16.5 Å². The molecule has 1 saturated heterocycles. The van der Waals surface area contributed by atoms with Crippen LogP contribution >= 0.6 is 11.8 Å². The number of hydrogen-bond donors (Lipinski definition) is 1. The zero-order valence-electron chi connectivity index (χ0n) is 14.9. The van der Waals surface area contributed by atoms with Crippen LogP contribution in [0.3, 0.4) is 0 Å². The lowest BCUT2D eigenvalue weighted by molar-refractivity contribution is -0.128. The molecule has 1 N–H and O–H groups in total. The lowest BCUT2D eigenvalue weighted by atomic mass is 10.1. The minimum absolute atomic E-state index is 0.0601. The molecular weight excluding hydrogens is 354 g/mol. The van der Waals surface area contributed by atoms with Gasteiger partial charge in [-0.1, -0.05) is 6.07 Å². The smallest absolute Gasteiger partial charge is 0.234 e. The van der Waals surface area contributed by atoms with Gasteiger partial charge in [0.2, 0.25) is 5.91 Å². The Balaban J connectivity index is 1.90. The van der Waals surface area contributed by atoms with Crippen LogP contribution in [-0.4, -0.2) is 43.0 Å². The van der Waals surface area contributed by atoms with Gasteiger partial charge in [-0.15, -0.1) is 11.8 Å². The van der Waals surface area contributed by atoms with Crippen molar-refractivity contribution in [3.63, 3.8) is 0 Å². The molecular formula is C19H21NO5S. The quantitative estimate of drug-likeness (QED) is 0.836. The van der Waals surface area contributed by atoms with Gasteiger partial charge in [0.15, 0.2) is 11.5 Å². The minimum Gasteiger partial charge on any atom is -0.504 e. The van der Waals surface area contributed by atoms with E-state index in [-0.39, 0.29) is 17.0 Å². The Morgan fingerprint density at radius 3 is 2.54 bits per heavy atom. The third-order valence-electron chi connectivity index (χ3n) is 4.27. The maximum Gasteiger partial charge on any atom is 0.234 e. The van der Waals surface area contributed by atoms with E-state index in [1.54, 1.807) is 49.1 Å². The lowest BCUT2D eigenvalue weighted by Crippen LogP contribution is -2.27. The van der Waals surface area contributed by atoms with Crippen molar-refractivity contribution >= 4 is 17.7 Å². The number of phenolic OH excluding ortho intramolecular Hbond substituents is 1. The molecule has 2 aromatic carbocycles. The molecule has 0 radical (unpaired) electrons. The molecule has 26 heavy (non-hydrogen) atoms. The molecule has 138 valence electrons. The summed E-state index contributed by atoms with van der Waals surface area (Å²) in [5.41, 5.74) is 1.81. The second-order valence-corrected chi connectivity index (χ2v) is 6.87. The lowest BCUT2D eigenvalue weighted by Gasteiger charge is -2.26. The fourth-order valence-corrected chi connectivity index (χ4v) is 4.13. The van der Waals surface area contributed by atoms with E-state index in [1.807, 2.05) is 18.2 Å². The maximum atomic E-state index is 12.5. The van der Waals surface area contributed by atoms with Gasteiger partial charge in [-0.2, -0.15) is 0 Å². The van der Waals surface area contributed by atoms with Crippen LogP contribution in [0.5, 0.6) is 23.0 Å². The van der Waals surface area contributed by atoms with Crippen LogP contribution in [0.2, 0.25) is 0 Å². The highest BCUT2D eigenvalue weighted by atomic mass is 32.2. The fraction of sp³-hybridized carbons (Fsp3) is 0.316. The van der Waals surface area contributed by atoms with Crippen LogP contribution in [0.4, 0.5) is 0 Å². The van der Waals surface area contributed by atoms with Crippen molar-refractivity contribution in [3.8, 4) is 23.0 Å². The average molecular weight is 375 g/mol. The molecule has 1 amide bonds. The molecule has 1 aliphatic heterocycles. The minimum atomic E-state index is -0.150. The number of thioether (sulfide) groups is 1. The van der Waals surface area contributed by atoms with Crippen LogP contribution < -0.4 is 14.2 Å². The average Bonchev–Trinajstić information content (AvgIpc) is 3.02. The third-order valence-corrected chi connectivity index (χ3v) is 5.51. The maximum absolute atomic E-state index is 12.5. The van der Waals surface area contributed by atoms with Crippen molar-refractivity contribution in [2.75, 3.05) is 27.1 Å².